The van der Waals surface area contributed by atoms with Crippen LogP contribution in [-0.4, -0.2) is 5.60 Å². The van der Waals surface area contributed by atoms with E-state index in [1.807, 2.05) is 12.1 Å². The van der Waals surface area contributed by atoms with Crippen molar-refractivity contribution in [2.24, 2.45) is 11.7 Å². The lowest BCUT2D eigenvalue weighted by Crippen LogP contribution is -2.52. The largest absolute Gasteiger partial charge is 0.487 e. The maximum atomic E-state index is 6.24. The van der Waals surface area contributed by atoms with Gasteiger partial charge >= 0.3 is 0 Å². The Balaban J connectivity index is 1.94. The number of benzene rings is 1. The number of hydrogen-bond donors (Lipinski definition) is 1. The third kappa shape index (κ3) is 1.57. The smallest absolute Gasteiger partial charge is 0.124 e. The van der Waals surface area contributed by atoms with Gasteiger partial charge < -0.3 is 10.5 Å². The van der Waals surface area contributed by atoms with Gasteiger partial charge in [-0.2, -0.15) is 0 Å². The van der Waals surface area contributed by atoms with Gasteiger partial charge in [-0.15, -0.1) is 0 Å². The van der Waals surface area contributed by atoms with Gasteiger partial charge in [-0.3, -0.25) is 0 Å². The summed E-state index contributed by atoms with van der Waals surface area (Å²) >= 11 is 3.48. The molecule has 0 saturated heterocycles. The lowest BCUT2D eigenvalue weighted by atomic mass is 9.67. The topological polar surface area (TPSA) is 35.2 Å². The minimum atomic E-state index is 0.0413. The van der Waals surface area contributed by atoms with Crippen LogP contribution in [0.25, 0.3) is 0 Å². The first-order valence-electron chi connectivity index (χ1n) is 5.82. The van der Waals surface area contributed by atoms with Gasteiger partial charge in [0.1, 0.15) is 11.4 Å². The monoisotopic (exact) mass is 281 g/mol. The summed E-state index contributed by atoms with van der Waals surface area (Å²) in [5, 5.41) is 0. The molecule has 1 fully saturated rings. The molecule has 2 aliphatic rings. The summed E-state index contributed by atoms with van der Waals surface area (Å²) < 4.78 is 7.22. The van der Waals surface area contributed by atoms with Crippen LogP contribution in [0.3, 0.4) is 0 Å². The second-order valence-corrected chi connectivity index (χ2v) is 6.21. The molecule has 1 aromatic rings. The molecular weight excluding hydrogens is 266 g/mol. The van der Waals surface area contributed by atoms with E-state index in [1.54, 1.807) is 0 Å². The highest BCUT2D eigenvalue weighted by Gasteiger charge is 2.48. The highest BCUT2D eigenvalue weighted by Crippen LogP contribution is 2.50. The Kier molecular flexibility index (Phi) is 2.30. The zero-order valence-electron chi connectivity index (χ0n) is 9.37. The normalized spacial score (nSPS) is 36.4. The number of halogens is 1. The van der Waals surface area contributed by atoms with E-state index >= 15 is 0 Å². The van der Waals surface area contributed by atoms with Crippen LogP contribution in [-0.2, 0) is 0 Å². The van der Waals surface area contributed by atoms with Crippen molar-refractivity contribution < 1.29 is 4.74 Å². The van der Waals surface area contributed by atoms with Crippen molar-refractivity contribution in [3.8, 4) is 5.75 Å². The Hall–Kier alpha value is -0.540. The Morgan fingerprint density at radius 3 is 2.81 bits per heavy atom. The van der Waals surface area contributed by atoms with E-state index in [-0.39, 0.29) is 11.6 Å². The van der Waals surface area contributed by atoms with Crippen LogP contribution in [0.5, 0.6) is 5.75 Å². The summed E-state index contributed by atoms with van der Waals surface area (Å²) in [6.45, 7) is 2.28. The first-order chi connectivity index (χ1) is 7.58. The quantitative estimate of drug-likeness (QED) is 0.791. The third-order valence-corrected chi connectivity index (χ3v) is 4.22. The first kappa shape index (κ1) is 10.6. The molecule has 1 saturated carbocycles. The van der Waals surface area contributed by atoms with Gasteiger partial charge in [-0.25, -0.2) is 0 Å². The first-order valence-corrected chi connectivity index (χ1v) is 6.61. The minimum absolute atomic E-state index is 0.0413. The predicted molar refractivity (Wildman–Crippen MR) is 67.4 cm³/mol. The molecule has 1 unspecified atom stereocenters. The fourth-order valence-corrected chi connectivity index (χ4v) is 3.53. The van der Waals surface area contributed by atoms with Crippen molar-refractivity contribution in [1.82, 2.24) is 0 Å². The van der Waals surface area contributed by atoms with Gasteiger partial charge in [0, 0.05) is 22.5 Å². The van der Waals surface area contributed by atoms with Crippen molar-refractivity contribution in [3.63, 3.8) is 0 Å². The van der Waals surface area contributed by atoms with E-state index in [9.17, 15) is 0 Å². The number of rotatable bonds is 0. The van der Waals surface area contributed by atoms with Crippen molar-refractivity contribution in [1.29, 1.82) is 0 Å². The number of hydrogen-bond acceptors (Lipinski definition) is 2. The minimum Gasteiger partial charge on any atom is -0.487 e. The molecule has 2 N–H and O–H groups in total. The van der Waals surface area contributed by atoms with E-state index in [0.717, 1.165) is 41.0 Å². The Morgan fingerprint density at radius 2 is 2.12 bits per heavy atom. The van der Waals surface area contributed by atoms with E-state index in [1.165, 1.54) is 0 Å². The summed E-state index contributed by atoms with van der Waals surface area (Å²) in [6.07, 6.45) is 3.26. The fraction of sp³-hybridized carbons (Fsp3) is 0.538. The molecule has 2 nitrogen and oxygen atoms in total. The molecule has 0 radical (unpaired) electrons. The summed E-state index contributed by atoms with van der Waals surface area (Å²) in [5.74, 6) is 1.76. The number of fused-ring (bicyclic) bond motifs is 1. The molecule has 1 atom stereocenters. The summed E-state index contributed by atoms with van der Waals surface area (Å²) in [7, 11) is 0. The molecule has 3 heteroatoms. The van der Waals surface area contributed by atoms with Gasteiger partial charge in [0.25, 0.3) is 0 Å². The molecule has 1 spiro atoms. The standard InChI is InChI=1S/C13H16BrNO/c1-8-5-13(6-8)7-11(15)10-4-9(14)2-3-12(10)16-13/h2-4,8,11H,5-7,15H2,1H3. The van der Waals surface area contributed by atoms with Gasteiger partial charge in [0.05, 0.1) is 0 Å². The summed E-state index contributed by atoms with van der Waals surface area (Å²) in [5.41, 5.74) is 7.42. The molecule has 1 aliphatic heterocycles. The Bertz CT molecular complexity index is 426. The van der Waals surface area contributed by atoms with Crippen LogP contribution in [0.4, 0.5) is 0 Å². The van der Waals surface area contributed by atoms with Crippen LogP contribution in [0.2, 0.25) is 0 Å². The van der Waals surface area contributed by atoms with Crippen molar-refractivity contribution >= 4 is 15.9 Å². The highest BCUT2D eigenvalue weighted by atomic mass is 79.9. The molecular formula is C13H16BrNO. The van der Waals surface area contributed by atoms with Crippen LogP contribution in [0, 0.1) is 5.92 Å². The third-order valence-electron chi connectivity index (χ3n) is 3.73. The van der Waals surface area contributed by atoms with Gasteiger partial charge in [0.15, 0.2) is 0 Å². The van der Waals surface area contributed by atoms with Crippen LogP contribution in [0.1, 0.15) is 37.8 Å². The molecule has 0 aromatic heterocycles. The fourth-order valence-electron chi connectivity index (χ4n) is 3.15. The molecule has 1 aromatic carbocycles. The van der Waals surface area contributed by atoms with Gasteiger partial charge in [0.2, 0.25) is 0 Å². The molecule has 16 heavy (non-hydrogen) atoms. The Morgan fingerprint density at radius 1 is 1.38 bits per heavy atom. The lowest BCUT2D eigenvalue weighted by molar-refractivity contribution is -0.0657. The number of nitrogens with two attached hydrogens (primary N) is 1. The second kappa shape index (κ2) is 3.47. The zero-order chi connectivity index (χ0) is 11.3. The van der Waals surface area contributed by atoms with E-state index < -0.39 is 0 Å². The predicted octanol–water partition coefficient (Wildman–Crippen LogP) is 3.40. The molecule has 0 bridgehead atoms. The number of ether oxygens (including phenoxy) is 1. The SMILES string of the molecule is CC1CC2(C1)CC(N)c1cc(Br)ccc1O2. The van der Waals surface area contributed by atoms with Crippen molar-refractivity contribution in [3.05, 3.63) is 28.2 Å². The van der Waals surface area contributed by atoms with E-state index in [4.69, 9.17) is 10.5 Å². The van der Waals surface area contributed by atoms with Crippen molar-refractivity contribution in [2.45, 2.75) is 37.8 Å². The maximum absolute atomic E-state index is 6.24. The molecule has 3 rings (SSSR count). The molecule has 1 aliphatic carbocycles. The van der Waals surface area contributed by atoms with Crippen LogP contribution >= 0.6 is 15.9 Å². The maximum Gasteiger partial charge on any atom is 0.124 e. The average Bonchev–Trinajstić information content (AvgIpc) is 2.17. The van der Waals surface area contributed by atoms with E-state index in [2.05, 4.69) is 28.9 Å². The summed E-state index contributed by atoms with van der Waals surface area (Å²) in [6, 6.07) is 6.25. The second-order valence-electron chi connectivity index (χ2n) is 5.29. The van der Waals surface area contributed by atoms with Crippen LogP contribution in [0.15, 0.2) is 22.7 Å². The van der Waals surface area contributed by atoms with Gasteiger partial charge in [-0.1, -0.05) is 22.9 Å². The lowest BCUT2D eigenvalue weighted by Gasteiger charge is -2.50. The highest BCUT2D eigenvalue weighted by molar-refractivity contribution is 9.10. The Labute approximate surface area is 104 Å². The van der Waals surface area contributed by atoms with Gasteiger partial charge in [-0.05, 0) is 37.0 Å². The van der Waals surface area contributed by atoms with Crippen LogP contribution < -0.4 is 10.5 Å². The average molecular weight is 282 g/mol. The molecule has 86 valence electrons. The van der Waals surface area contributed by atoms with Crippen molar-refractivity contribution in [2.75, 3.05) is 0 Å². The molecule has 0 amide bonds. The zero-order valence-corrected chi connectivity index (χ0v) is 11.0. The molecule has 1 heterocycles. The van der Waals surface area contributed by atoms with E-state index in [0.29, 0.717) is 0 Å². The summed E-state index contributed by atoms with van der Waals surface area (Å²) in [4.78, 5) is 0.